The topological polar surface area (TPSA) is 29.3 Å². The van der Waals surface area contributed by atoms with Gasteiger partial charge in [0.1, 0.15) is 0 Å². The summed E-state index contributed by atoms with van der Waals surface area (Å²) in [5, 5.41) is 0. The van der Waals surface area contributed by atoms with Gasteiger partial charge in [0.2, 0.25) is 0 Å². The van der Waals surface area contributed by atoms with Crippen molar-refractivity contribution in [2.45, 2.75) is 51.5 Å². The zero-order valence-corrected chi connectivity index (χ0v) is 10.3. The summed E-state index contributed by atoms with van der Waals surface area (Å²) in [7, 11) is 0. The molecule has 0 bridgehead atoms. The second-order valence-corrected chi connectivity index (χ2v) is 5.93. The molecule has 1 saturated heterocycles. The summed E-state index contributed by atoms with van der Waals surface area (Å²) in [6, 6.07) is 0. The Morgan fingerprint density at radius 3 is 2.67 bits per heavy atom. The highest BCUT2D eigenvalue weighted by Gasteiger charge is 2.39. The normalized spacial score (nSPS) is 32.6. The van der Waals surface area contributed by atoms with Gasteiger partial charge in [-0.25, -0.2) is 0 Å². The van der Waals surface area contributed by atoms with E-state index in [0.29, 0.717) is 0 Å². The fourth-order valence-corrected chi connectivity index (χ4v) is 2.98. The molecule has 1 aliphatic heterocycles. The molecule has 88 valence electrons. The first-order valence-electron chi connectivity index (χ1n) is 6.63. The Kier molecular flexibility index (Phi) is 3.36. The summed E-state index contributed by atoms with van der Waals surface area (Å²) in [4.78, 5) is 2.61. The van der Waals surface area contributed by atoms with Gasteiger partial charge >= 0.3 is 0 Å². The van der Waals surface area contributed by atoms with Crippen LogP contribution < -0.4 is 5.73 Å². The largest absolute Gasteiger partial charge is 0.324 e. The molecule has 2 fully saturated rings. The molecule has 2 N–H and O–H groups in total. The lowest BCUT2D eigenvalue weighted by molar-refractivity contribution is 0.135. The highest BCUT2D eigenvalue weighted by molar-refractivity contribution is 4.97. The maximum absolute atomic E-state index is 6.40. The van der Waals surface area contributed by atoms with Crippen molar-refractivity contribution in [3.8, 4) is 0 Å². The third kappa shape index (κ3) is 2.94. The Bertz CT molecular complexity index is 209. The fourth-order valence-electron chi connectivity index (χ4n) is 2.98. The molecule has 2 nitrogen and oxygen atoms in total. The summed E-state index contributed by atoms with van der Waals surface area (Å²) >= 11 is 0. The van der Waals surface area contributed by atoms with Crippen molar-refractivity contribution in [1.29, 1.82) is 0 Å². The van der Waals surface area contributed by atoms with Gasteiger partial charge in [0.25, 0.3) is 0 Å². The zero-order chi connectivity index (χ0) is 10.9. The Morgan fingerprint density at radius 2 is 2.07 bits per heavy atom. The first-order chi connectivity index (χ1) is 7.12. The lowest BCUT2D eigenvalue weighted by Crippen LogP contribution is -2.51. The van der Waals surface area contributed by atoms with Gasteiger partial charge in [-0.15, -0.1) is 0 Å². The van der Waals surface area contributed by atoms with Crippen LogP contribution in [0.2, 0.25) is 0 Å². The van der Waals surface area contributed by atoms with Crippen LogP contribution in [0.15, 0.2) is 0 Å². The summed E-state index contributed by atoms with van der Waals surface area (Å²) in [5.74, 6) is 1.73. The van der Waals surface area contributed by atoms with Crippen LogP contribution in [-0.2, 0) is 0 Å². The summed E-state index contributed by atoms with van der Waals surface area (Å²) in [6.45, 7) is 8.25. The minimum absolute atomic E-state index is 0.0790. The van der Waals surface area contributed by atoms with E-state index in [1.807, 2.05) is 0 Å². The maximum atomic E-state index is 6.40. The lowest BCUT2D eigenvalue weighted by Gasteiger charge is -2.38. The molecule has 0 spiro atoms. The average Bonchev–Trinajstić information content (AvgIpc) is 3.00. The first kappa shape index (κ1) is 11.4. The number of hydrogen-bond donors (Lipinski definition) is 1. The highest BCUT2D eigenvalue weighted by atomic mass is 15.2. The molecule has 2 unspecified atom stereocenters. The number of likely N-dealkylation sites (tertiary alicyclic amines) is 1. The van der Waals surface area contributed by atoms with Crippen molar-refractivity contribution in [3.63, 3.8) is 0 Å². The van der Waals surface area contributed by atoms with Gasteiger partial charge < -0.3 is 10.6 Å². The molecular formula is C13H26N2. The van der Waals surface area contributed by atoms with E-state index in [9.17, 15) is 0 Å². The third-order valence-corrected chi connectivity index (χ3v) is 4.25. The molecule has 15 heavy (non-hydrogen) atoms. The Morgan fingerprint density at radius 1 is 1.33 bits per heavy atom. The SMILES string of the molecule is CCC1CCCN(CC(C)(N)C2CC2)C1. The van der Waals surface area contributed by atoms with Crippen molar-refractivity contribution in [3.05, 3.63) is 0 Å². The van der Waals surface area contributed by atoms with Gasteiger partial charge in [-0.2, -0.15) is 0 Å². The fraction of sp³-hybridized carbons (Fsp3) is 1.00. The van der Waals surface area contributed by atoms with Crippen LogP contribution in [0.1, 0.15) is 46.0 Å². The van der Waals surface area contributed by atoms with E-state index in [-0.39, 0.29) is 5.54 Å². The van der Waals surface area contributed by atoms with Gasteiger partial charge in [0, 0.05) is 18.6 Å². The van der Waals surface area contributed by atoms with Crippen molar-refractivity contribution < 1.29 is 0 Å². The van der Waals surface area contributed by atoms with Gasteiger partial charge in [0.15, 0.2) is 0 Å². The van der Waals surface area contributed by atoms with Crippen LogP contribution in [0.25, 0.3) is 0 Å². The first-order valence-corrected chi connectivity index (χ1v) is 6.63. The van der Waals surface area contributed by atoms with Crippen LogP contribution in [0.4, 0.5) is 0 Å². The molecule has 2 rings (SSSR count). The van der Waals surface area contributed by atoms with Gasteiger partial charge in [0.05, 0.1) is 0 Å². The smallest absolute Gasteiger partial charge is 0.0283 e. The number of piperidine rings is 1. The van der Waals surface area contributed by atoms with E-state index in [1.54, 1.807) is 0 Å². The predicted molar refractivity (Wildman–Crippen MR) is 64.8 cm³/mol. The van der Waals surface area contributed by atoms with Crippen LogP contribution in [0.5, 0.6) is 0 Å². The molecule has 2 heteroatoms. The van der Waals surface area contributed by atoms with E-state index in [1.165, 1.54) is 45.2 Å². The average molecular weight is 210 g/mol. The van der Waals surface area contributed by atoms with Gasteiger partial charge in [-0.3, -0.25) is 0 Å². The number of nitrogens with two attached hydrogens (primary N) is 1. The number of hydrogen-bond acceptors (Lipinski definition) is 2. The van der Waals surface area contributed by atoms with Crippen molar-refractivity contribution >= 4 is 0 Å². The standard InChI is InChI=1S/C13H26N2/c1-3-11-5-4-8-15(9-11)10-13(2,14)12-6-7-12/h11-12H,3-10,14H2,1-2H3. The van der Waals surface area contributed by atoms with E-state index in [2.05, 4.69) is 18.7 Å². The molecule has 1 aliphatic carbocycles. The molecule has 0 aromatic rings. The van der Waals surface area contributed by atoms with E-state index in [4.69, 9.17) is 5.73 Å². The quantitative estimate of drug-likeness (QED) is 0.771. The Hall–Kier alpha value is -0.0800. The monoisotopic (exact) mass is 210 g/mol. The summed E-state index contributed by atoms with van der Waals surface area (Å²) < 4.78 is 0. The minimum Gasteiger partial charge on any atom is -0.324 e. The maximum Gasteiger partial charge on any atom is 0.0283 e. The molecular weight excluding hydrogens is 184 g/mol. The summed E-state index contributed by atoms with van der Waals surface area (Å²) in [5.41, 5.74) is 6.48. The van der Waals surface area contributed by atoms with E-state index in [0.717, 1.165) is 18.4 Å². The molecule has 2 aliphatic rings. The highest BCUT2D eigenvalue weighted by Crippen LogP contribution is 2.38. The molecule has 1 saturated carbocycles. The number of rotatable bonds is 4. The molecule has 0 amide bonds. The second-order valence-electron chi connectivity index (χ2n) is 5.93. The lowest BCUT2D eigenvalue weighted by atomic mass is 9.91. The van der Waals surface area contributed by atoms with Crippen molar-refractivity contribution in [2.75, 3.05) is 19.6 Å². The van der Waals surface area contributed by atoms with Crippen LogP contribution in [0, 0.1) is 11.8 Å². The molecule has 1 heterocycles. The second kappa shape index (κ2) is 4.42. The van der Waals surface area contributed by atoms with Gasteiger partial charge in [-0.1, -0.05) is 13.3 Å². The molecule has 0 radical (unpaired) electrons. The Balaban J connectivity index is 1.82. The van der Waals surface area contributed by atoms with Crippen molar-refractivity contribution in [1.82, 2.24) is 4.90 Å². The van der Waals surface area contributed by atoms with Crippen LogP contribution in [-0.4, -0.2) is 30.1 Å². The van der Waals surface area contributed by atoms with Crippen LogP contribution in [0.3, 0.4) is 0 Å². The summed E-state index contributed by atoms with van der Waals surface area (Å²) in [6.07, 6.45) is 6.86. The van der Waals surface area contributed by atoms with E-state index >= 15 is 0 Å². The molecule has 0 aromatic carbocycles. The zero-order valence-electron chi connectivity index (χ0n) is 10.3. The predicted octanol–water partition coefficient (Wildman–Crippen LogP) is 2.24. The van der Waals surface area contributed by atoms with E-state index < -0.39 is 0 Å². The van der Waals surface area contributed by atoms with Crippen molar-refractivity contribution in [2.24, 2.45) is 17.6 Å². The van der Waals surface area contributed by atoms with Gasteiger partial charge in [-0.05, 0) is 51.0 Å². The number of nitrogens with zero attached hydrogens (tertiary/aromatic N) is 1. The van der Waals surface area contributed by atoms with Crippen LogP contribution >= 0.6 is 0 Å². The third-order valence-electron chi connectivity index (χ3n) is 4.25. The Labute approximate surface area is 94.2 Å². The molecule has 0 aromatic heterocycles. The minimum atomic E-state index is 0.0790. The molecule has 2 atom stereocenters.